The molecule has 0 saturated heterocycles. The molecule has 0 aliphatic heterocycles. The Labute approximate surface area is 172 Å². The Bertz CT molecular complexity index is 1210. The number of hydrogen-bond donors (Lipinski definition) is 1. The van der Waals surface area contributed by atoms with Gasteiger partial charge in [-0.2, -0.15) is 0 Å². The first-order valence-corrected chi connectivity index (χ1v) is 9.97. The van der Waals surface area contributed by atoms with Crippen LogP contribution < -0.4 is 14.8 Å². The van der Waals surface area contributed by atoms with Crippen molar-refractivity contribution in [2.75, 3.05) is 25.3 Å². The maximum atomic E-state index is 12.5. The monoisotopic (exact) mass is 408 g/mol. The molecule has 0 aliphatic rings. The van der Waals surface area contributed by atoms with E-state index in [1.807, 2.05) is 28.7 Å². The van der Waals surface area contributed by atoms with Gasteiger partial charge in [-0.3, -0.25) is 9.20 Å². The summed E-state index contributed by atoms with van der Waals surface area (Å²) >= 11 is 1.33. The predicted octanol–water partition coefficient (Wildman–Crippen LogP) is 3.94. The van der Waals surface area contributed by atoms with Crippen LogP contribution in [0, 0.1) is 6.92 Å². The molecule has 0 spiro atoms. The lowest BCUT2D eigenvalue weighted by Gasteiger charge is -2.11. The number of nitrogens with zero attached hydrogens (tertiary/aromatic N) is 3. The van der Waals surface area contributed by atoms with Crippen molar-refractivity contribution in [3.63, 3.8) is 0 Å². The number of hydrogen-bond acceptors (Lipinski definition) is 6. The zero-order chi connectivity index (χ0) is 20.4. The number of amides is 1. The molecule has 2 aromatic heterocycles. The molecule has 2 heterocycles. The van der Waals surface area contributed by atoms with Crippen LogP contribution in [0.4, 0.5) is 5.69 Å². The SMILES string of the molecule is COc1ccc(OC)c(NC(=O)CSc2nnc3cc(C)c4ccccc4n23)c1. The van der Waals surface area contributed by atoms with Gasteiger partial charge in [0, 0.05) is 11.5 Å². The fourth-order valence-electron chi connectivity index (χ4n) is 3.20. The van der Waals surface area contributed by atoms with Crippen LogP contribution in [0.25, 0.3) is 16.6 Å². The molecule has 2 aromatic carbocycles. The summed E-state index contributed by atoms with van der Waals surface area (Å²) < 4.78 is 12.5. The van der Waals surface area contributed by atoms with Crippen LogP contribution in [0.2, 0.25) is 0 Å². The summed E-state index contributed by atoms with van der Waals surface area (Å²) in [6.45, 7) is 2.05. The highest BCUT2D eigenvalue weighted by Crippen LogP contribution is 2.30. The standard InChI is InChI=1S/C21H20N4O3S/c1-13-10-19-23-24-21(25(19)17-7-5-4-6-15(13)17)29-12-20(26)22-16-11-14(27-2)8-9-18(16)28-3/h4-11H,12H2,1-3H3,(H,22,26). The molecular formula is C21H20N4O3S. The smallest absolute Gasteiger partial charge is 0.234 e. The molecule has 4 rings (SSSR count). The quantitative estimate of drug-likeness (QED) is 0.487. The van der Waals surface area contributed by atoms with Crippen LogP contribution in [-0.4, -0.2) is 40.5 Å². The number of rotatable bonds is 6. The fraction of sp³-hybridized carbons (Fsp3) is 0.190. The number of aryl methyl sites for hydroxylation is 1. The van der Waals surface area contributed by atoms with E-state index < -0.39 is 0 Å². The summed E-state index contributed by atoms with van der Waals surface area (Å²) in [5, 5.41) is 13.2. The third-order valence-corrected chi connectivity index (χ3v) is 5.52. The first kappa shape index (κ1) is 19.1. The van der Waals surface area contributed by atoms with Gasteiger partial charge in [-0.05, 0) is 36.8 Å². The van der Waals surface area contributed by atoms with Gasteiger partial charge in [0.2, 0.25) is 5.91 Å². The van der Waals surface area contributed by atoms with Crippen molar-refractivity contribution >= 4 is 39.9 Å². The number of pyridine rings is 1. The number of para-hydroxylation sites is 1. The minimum absolute atomic E-state index is 0.172. The summed E-state index contributed by atoms with van der Waals surface area (Å²) in [7, 11) is 3.13. The molecule has 1 amide bonds. The molecule has 0 radical (unpaired) electrons. The van der Waals surface area contributed by atoms with E-state index in [-0.39, 0.29) is 11.7 Å². The number of aromatic nitrogens is 3. The van der Waals surface area contributed by atoms with E-state index in [4.69, 9.17) is 9.47 Å². The predicted molar refractivity (Wildman–Crippen MR) is 114 cm³/mol. The number of nitrogens with one attached hydrogen (secondary N) is 1. The van der Waals surface area contributed by atoms with Gasteiger partial charge in [-0.25, -0.2) is 0 Å². The first-order valence-electron chi connectivity index (χ1n) is 8.99. The van der Waals surface area contributed by atoms with Crippen LogP contribution in [0.15, 0.2) is 53.7 Å². The molecule has 148 valence electrons. The van der Waals surface area contributed by atoms with Crippen LogP contribution in [0.5, 0.6) is 11.5 Å². The fourth-order valence-corrected chi connectivity index (χ4v) is 3.95. The lowest BCUT2D eigenvalue weighted by Crippen LogP contribution is -2.15. The van der Waals surface area contributed by atoms with E-state index in [0.717, 1.165) is 22.1 Å². The highest BCUT2D eigenvalue weighted by atomic mass is 32.2. The zero-order valence-corrected chi connectivity index (χ0v) is 17.1. The number of benzene rings is 2. The van der Waals surface area contributed by atoms with Crippen LogP contribution in [-0.2, 0) is 4.79 Å². The van der Waals surface area contributed by atoms with Gasteiger partial charge in [0.25, 0.3) is 0 Å². The molecule has 0 bridgehead atoms. The number of carbonyl (C=O) groups excluding carboxylic acids is 1. The van der Waals surface area contributed by atoms with Gasteiger partial charge in [0.15, 0.2) is 10.8 Å². The summed E-state index contributed by atoms with van der Waals surface area (Å²) in [4.78, 5) is 12.5. The summed E-state index contributed by atoms with van der Waals surface area (Å²) in [5.74, 6) is 1.22. The maximum Gasteiger partial charge on any atom is 0.234 e. The first-order chi connectivity index (χ1) is 14.1. The van der Waals surface area contributed by atoms with Crippen LogP contribution in [0.1, 0.15) is 5.56 Å². The normalized spacial score (nSPS) is 11.0. The minimum Gasteiger partial charge on any atom is -0.497 e. The van der Waals surface area contributed by atoms with E-state index in [9.17, 15) is 4.79 Å². The average molecular weight is 408 g/mol. The van der Waals surface area contributed by atoms with Crippen molar-refractivity contribution in [2.45, 2.75) is 12.1 Å². The Morgan fingerprint density at radius 2 is 1.93 bits per heavy atom. The average Bonchev–Trinajstić information content (AvgIpc) is 3.15. The second-order valence-corrected chi connectivity index (χ2v) is 7.37. The second kappa shape index (κ2) is 8.00. The largest absolute Gasteiger partial charge is 0.497 e. The molecule has 7 nitrogen and oxygen atoms in total. The molecule has 0 aliphatic carbocycles. The molecular weight excluding hydrogens is 388 g/mol. The van der Waals surface area contributed by atoms with E-state index in [0.29, 0.717) is 22.3 Å². The van der Waals surface area contributed by atoms with Gasteiger partial charge >= 0.3 is 0 Å². The Morgan fingerprint density at radius 1 is 1.10 bits per heavy atom. The Hall–Kier alpha value is -3.26. The Kier molecular flexibility index (Phi) is 5.26. The third kappa shape index (κ3) is 3.71. The van der Waals surface area contributed by atoms with Gasteiger partial charge < -0.3 is 14.8 Å². The molecule has 0 atom stereocenters. The third-order valence-electron chi connectivity index (χ3n) is 4.59. The Balaban J connectivity index is 1.56. The number of thioether (sulfide) groups is 1. The van der Waals surface area contributed by atoms with Crippen molar-refractivity contribution in [1.29, 1.82) is 0 Å². The van der Waals surface area contributed by atoms with Crippen LogP contribution >= 0.6 is 11.8 Å². The molecule has 0 saturated carbocycles. The van der Waals surface area contributed by atoms with Crippen LogP contribution in [0.3, 0.4) is 0 Å². The van der Waals surface area contributed by atoms with E-state index in [1.165, 1.54) is 11.8 Å². The van der Waals surface area contributed by atoms with E-state index in [1.54, 1.807) is 32.4 Å². The number of carbonyl (C=O) groups is 1. The molecule has 0 unspecified atom stereocenters. The van der Waals surface area contributed by atoms with Crippen molar-refractivity contribution in [3.05, 3.63) is 54.1 Å². The molecule has 29 heavy (non-hydrogen) atoms. The van der Waals surface area contributed by atoms with Crippen molar-refractivity contribution in [2.24, 2.45) is 0 Å². The topological polar surface area (TPSA) is 77.8 Å². The summed E-state index contributed by atoms with van der Waals surface area (Å²) in [5.41, 5.74) is 3.48. The van der Waals surface area contributed by atoms with Crippen molar-refractivity contribution < 1.29 is 14.3 Å². The molecule has 8 heteroatoms. The molecule has 1 N–H and O–H groups in total. The van der Waals surface area contributed by atoms with Gasteiger partial charge in [-0.15, -0.1) is 10.2 Å². The lowest BCUT2D eigenvalue weighted by molar-refractivity contribution is -0.113. The molecule has 0 fully saturated rings. The van der Waals surface area contributed by atoms with Gasteiger partial charge in [0.1, 0.15) is 11.5 Å². The Morgan fingerprint density at radius 3 is 2.72 bits per heavy atom. The maximum absolute atomic E-state index is 12.5. The van der Waals surface area contributed by atoms with E-state index >= 15 is 0 Å². The number of methoxy groups -OCH3 is 2. The second-order valence-electron chi connectivity index (χ2n) is 6.42. The summed E-state index contributed by atoms with van der Waals surface area (Å²) in [6.07, 6.45) is 0. The lowest BCUT2D eigenvalue weighted by atomic mass is 10.1. The highest BCUT2D eigenvalue weighted by Gasteiger charge is 2.14. The number of fused-ring (bicyclic) bond motifs is 3. The van der Waals surface area contributed by atoms with Crippen molar-refractivity contribution in [3.8, 4) is 11.5 Å². The van der Waals surface area contributed by atoms with Gasteiger partial charge in [-0.1, -0.05) is 30.0 Å². The van der Waals surface area contributed by atoms with Gasteiger partial charge in [0.05, 0.1) is 31.2 Å². The van der Waals surface area contributed by atoms with Crippen molar-refractivity contribution in [1.82, 2.24) is 14.6 Å². The minimum atomic E-state index is -0.172. The zero-order valence-electron chi connectivity index (χ0n) is 16.3. The highest BCUT2D eigenvalue weighted by molar-refractivity contribution is 7.99. The number of ether oxygens (including phenoxy) is 2. The van der Waals surface area contributed by atoms with E-state index in [2.05, 4.69) is 28.5 Å². The number of anilines is 1. The molecule has 4 aromatic rings. The summed E-state index contributed by atoms with van der Waals surface area (Å²) in [6, 6.07) is 15.3.